The summed E-state index contributed by atoms with van der Waals surface area (Å²) in [6.45, 7) is 6.69. The lowest BCUT2D eigenvalue weighted by Gasteiger charge is -2.16. The summed E-state index contributed by atoms with van der Waals surface area (Å²) in [5.41, 5.74) is 3.55. The summed E-state index contributed by atoms with van der Waals surface area (Å²) >= 11 is 0. The van der Waals surface area contributed by atoms with Crippen LogP contribution < -0.4 is 4.74 Å². The van der Waals surface area contributed by atoms with E-state index in [1.54, 1.807) is 7.11 Å². The van der Waals surface area contributed by atoms with Crippen molar-refractivity contribution in [3.05, 3.63) is 23.9 Å². The Bertz CT molecular complexity index is 494. The highest BCUT2D eigenvalue weighted by Crippen LogP contribution is 2.23. The summed E-state index contributed by atoms with van der Waals surface area (Å²) in [6.07, 6.45) is 1.02. The number of methoxy groups -OCH3 is 1. The van der Waals surface area contributed by atoms with Gasteiger partial charge < -0.3 is 9.72 Å². The number of H-pyrrole nitrogens is 1. The Morgan fingerprint density at radius 3 is 2.69 bits per heavy atom. The average Bonchev–Trinajstić information content (AvgIpc) is 2.55. The van der Waals surface area contributed by atoms with E-state index in [9.17, 15) is 0 Å². The third kappa shape index (κ3) is 2.35. The quantitative estimate of drug-likeness (QED) is 0.840. The van der Waals surface area contributed by atoms with Crippen molar-refractivity contribution >= 4 is 11.0 Å². The molecule has 0 fully saturated rings. The monoisotopic (exact) mass is 218 g/mol. The van der Waals surface area contributed by atoms with Gasteiger partial charge in [0.1, 0.15) is 0 Å². The lowest BCUT2D eigenvalue weighted by Crippen LogP contribution is -2.09. The van der Waals surface area contributed by atoms with Crippen molar-refractivity contribution in [2.24, 2.45) is 5.41 Å². The molecule has 3 heteroatoms. The number of hydrogen-bond donors (Lipinski definition) is 1. The Hall–Kier alpha value is -1.51. The van der Waals surface area contributed by atoms with Crippen LogP contribution in [0, 0.1) is 5.41 Å². The van der Waals surface area contributed by atoms with Crippen LogP contribution in [0.2, 0.25) is 0 Å². The van der Waals surface area contributed by atoms with Gasteiger partial charge in [-0.3, -0.25) is 0 Å². The first-order chi connectivity index (χ1) is 7.48. The Labute approximate surface area is 95.8 Å². The minimum Gasteiger partial charge on any atom is -0.481 e. The Morgan fingerprint density at radius 1 is 1.31 bits per heavy atom. The normalized spacial score (nSPS) is 12.0. The van der Waals surface area contributed by atoms with E-state index in [0.717, 1.165) is 17.5 Å². The number of aromatic nitrogens is 2. The zero-order chi connectivity index (χ0) is 11.8. The van der Waals surface area contributed by atoms with E-state index >= 15 is 0 Å². The van der Waals surface area contributed by atoms with E-state index in [0.29, 0.717) is 5.88 Å². The highest BCUT2D eigenvalue weighted by atomic mass is 16.5. The van der Waals surface area contributed by atoms with Crippen LogP contribution in [0.4, 0.5) is 0 Å². The largest absolute Gasteiger partial charge is 0.481 e. The molecule has 16 heavy (non-hydrogen) atoms. The Morgan fingerprint density at radius 2 is 2.06 bits per heavy atom. The zero-order valence-corrected chi connectivity index (χ0v) is 10.3. The molecule has 0 aromatic carbocycles. The van der Waals surface area contributed by atoms with Gasteiger partial charge in [0.05, 0.1) is 18.1 Å². The molecule has 0 saturated heterocycles. The Kier molecular flexibility index (Phi) is 2.62. The van der Waals surface area contributed by atoms with Gasteiger partial charge in [-0.05, 0) is 24.0 Å². The molecule has 0 amide bonds. The third-order valence-electron chi connectivity index (χ3n) is 2.44. The van der Waals surface area contributed by atoms with E-state index in [1.807, 2.05) is 12.1 Å². The average molecular weight is 218 g/mol. The topological polar surface area (TPSA) is 37.9 Å². The van der Waals surface area contributed by atoms with Gasteiger partial charge in [0.15, 0.2) is 0 Å². The van der Waals surface area contributed by atoms with Crippen LogP contribution in [0.15, 0.2) is 18.2 Å². The van der Waals surface area contributed by atoms with Crippen molar-refractivity contribution in [2.75, 3.05) is 7.11 Å². The van der Waals surface area contributed by atoms with E-state index in [2.05, 4.69) is 36.8 Å². The molecule has 0 spiro atoms. The lowest BCUT2D eigenvalue weighted by molar-refractivity contribution is 0.399. The molecule has 1 N–H and O–H groups in total. The van der Waals surface area contributed by atoms with Crippen LogP contribution in [-0.4, -0.2) is 17.1 Å². The number of pyridine rings is 1. The van der Waals surface area contributed by atoms with Crippen molar-refractivity contribution in [2.45, 2.75) is 27.2 Å². The molecule has 0 bridgehead atoms. The third-order valence-corrected chi connectivity index (χ3v) is 2.44. The van der Waals surface area contributed by atoms with E-state index in [4.69, 9.17) is 4.74 Å². The van der Waals surface area contributed by atoms with Gasteiger partial charge in [0.25, 0.3) is 0 Å². The number of fused-ring (bicyclic) bond motifs is 1. The van der Waals surface area contributed by atoms with Gasteiger partial charge in [-0.15, -0.1) is 0 Å². The van der Waals surface area contributed by atoms with Gasteiger partial charge in [0, 0.05) is 11.8 Å². The molecule has 86 valence electrons. The molecule has 2 rings (SSSR count). The minimum atomic E-state index is 0.283. The fraction of sp³-hybridized carbons (Fsp3) is 0.462. The van der Waals surface area contributed by atoms with Gasteiger partial charge in [-0.25, -0.2) is 4.98 Å². The smallest absolute Gasteiger partial charge is 0.213 e. The van der Waals surface area contributed by atoms with E-state index in [-0.39, 0.29) is 5.41 Å². The second-order valence-electron chi connectivity index (χ2n) is 5.32. The van der Waals surface area contributed by atoms with Crippen molar-refractivity contribution in [1.29, 1.82) is 0 Å². The van der Waals surface area contributed by atoms with Gasteiger partial charge in [-0.1, -0.05) is 20.8 Å². The molecule has 3 nitrogen and oxygen atoms in total. The van der Waals surface area contributed by atoms with Crippen molar-refractivity contribution in [1.82, 2.24) is 9.97 Å². The number of rotatable bonds is 2. The molecular formula is C13H18N2O. The summed E-state index contributed by atoms with van der Waals surface area (Å²) in [5, 5.41) is 0. The second kappa shape index (κ2) is 3.81. The van der Waals surface area contributed by atoms with Gasteiger partial charge in [0.2, 0.25) is 5.88 Å². The van der Waals surface area contributed by atoms with Crippen LogP contribution in [0.1, 0.15) is 26.5 Å². The first-order valence-corrected chi connectivity index (χ1v) is 5.50. The summed E-state index contributed by atoms with van der Waals surface area (Å²) in [5.74, 6) is 0.661. The number of aromatic amines is 1. The molecule has 2 heterocycles. The predicted octanol–water partition coefficient (Wildman–Crippen LogP) is 3.16. The fourth-order valence-electron chi connectivity index (χ4n) is 1.83. The zero-order valence-electron chi connectivity index (χ0n) is 10.3. The molecule has 2 aromatic heterocycles. The molecule has 0 aliphatic heterocycles. The molecule has 0 saturated carbocycles. The maximum absolute atomic E-state index is 5.11. The standard InChI is InChI=1S/C13H18N2O/c1-13(2,3)8-9-7-11-10(14-9)5-6-12(15-11)16-4/h5-7,14H,8H2,1-4H3. The summed E-state index contributed by atoms with van der Waals surface area (Å²) < 4.78 is 5.11. The van der Waals surface area contributed by atoms with Gasteiger partial charge in [-0.2, -0.15) is 0 Å². The maximum Gasteiger partial charge on any atom is 0.213 e. The summed E-state index contributed by atoms with van der Waals surface area (Å²) in [4.78, 5) is 7.78. The molecule has 0 aliphatic rings. The second-order valence-corrected chi connectivity index (χ2v) is 5.32. The number of hydrogen-bond acceptors (Lipinski definition) is 2. The summed E-state index contributed by atoms with van der Waals surface area (Å²) in [7, 11) is 1.64. The molecule has 0 atom stereocenters. The first kappa shape index (κ1) is 11.0. The molecule has 0 radical (unpaired) electrons. The van der Waals surface area contributed by atoms with E-state index in [1.165, 1.54) is 5.69 Å². The van der Waals surface area contributed by atoms with Crippen molar-refractivity contribution in [3.63, 3.8) is 0 Å². The fourth-order valence-corrected chi connectivity index (χ4v) is 1.83. The van der Waals surface area contributed by atoms with Crippen LogP contribution >= 0.6 is 0 Å². The first-order valence-electron chi connectivity index (χ1n) is 5.50. The molecule has 0 unspecified atom stereocenters. The van der Waals surface area contributed by atoms with Crippen molar-refractivity contribution < 1.29 is 4.74 Å². The van der Waals surface area contributed by atoms with Crippen LogP contribution in [0.5, 0.6) is 5.88 Å². The molecule has 0 aliphatic carbocycles. The minimum absolute atomic E-state index is 0.283. The van der Waals surface area contributed by atoms with Crippen LogP contribution in [-0.2, 0) is 6.42 Å². The number of nitrogens with one attached hydrogen (secondary N) is 1. The molecular weight excluding hydrogens is 200 g/mol. The Balaban J connectivity index is 2.36. The lowest BCUT2D eigenvalue weighted by atomic mass is 9.91. The van der Waals surface area contributed by atoms with Crippen LogP contribution in [0.3, 0.4) is 0 Å². The maximum atomic E-state index is 5.11. The SMILES string of the molecule is COc1ccc2[nH]c(CC(C)(C)C)cc2n1. The molecule has 2 aromatic rings. The highest BCUT2D eigenvalue weighted by Gasteiger charge is 2.13. The number of nitrogens with zero attached hydrogens (tertiary/aromatic N) is 1. The van der Waals surface area contributed by atoms with Gasteiger partial charge >= 0.3 is 0 Å². The van der Waals surface area contributed by atoms with Crippen LogP contribution in [0.25, 0.3) is 11.0 Å². The predicted molar refractivity (Wildman–Crippen MR) is 65.8 cm³/mol. The highest BCUT2D eigenvalue weighted by molar-refractivity contribution is 5.76. The summed E-state index contributed by atoms with van der Waals surface area (Å²) in [6, 6.07) is 5.98. The number of ether oxygens (including phenoxy) is 1. The van der Waals surface area contributed by atoms with E-state index < -0.39 is 0 Å². The van der Waals surface area contributed by atoms with Crippen molar-refractivity contribution in [3.8, 4) is 5.88 Å².